The van der Waals surface area contributed by atoms with Crippen LogP contribution in [0.1, 0.15) is 45.6 Å². The predicted molar refractivity (Wildman–Crippen MR) is 131 cm³/mol. The fourth-order valence-electron chi connectivity index (χ4n) is 5.30. The minimum atomic E-state index is -0.926. The Balaban J connectivity index is 1.45. The van der Waals surface area contributed by atoms with Gasteiger partial charge in [-0.1, -0.05) is 24.3 Å². The van der Waals surface area contributed by atoms with Crippen LogP contribution in [0.4, 0.5) is 10.5 Å². The largest absolute Gasteiger partial charge is 0.444 e. The lowest BCUT2D eigenvalue weighted by Gasteiger charge is -2.36. The molecule has 0 spiro atoms. The lowest BCUT2D eigenvalue weighted by Crippen LogP contribution is -2.58. The summed E-state index contributed by atoms with van der Waals surface area (Å²) in [5.41, 5.74) is 0.721. The van der Waals surface area contributed by atoms with Gasteiger partial charge in [0.05, 0.1) is 18.7 Å². The van der Waals surface area contributed by atoms with Gasteiger partial charge in [-0.05, 0) is 45.6 Å². The fraction of sp³-hybridized carbons (Fsp3) is 0.577. The molecule has 3 fully saturated rings. The Morgan fingerprint density at radius 2 is 2.14 bits per heavy atom. The first-order valence-electron chi connectivity index (χ1n) is 12.3. The number of hydrogen-bond donors (Lipinski definition) is 1. The SMILES string of the molecule is [C-]#[N+]c1cccc(CN2C(=O)[C@H]3C[C@@H]2CN3C[C@H](NC(=O)OC(C)(C)C)C(=O)N2CCC[C@H]2C#N)c1. The Hall–Kier alpha value is -3.63. The van der Waals surface area contributed by atoms with E-state index in [1.807, 2.05) is 21.9 Å². The van der Waals surface area contributed by atoms with Crippen LogP contribution in [0, 0.1) is 17.9 Å². The van der Waals surface area contributed by atoms with E-state index >= 15 is 0 Å². The average molecular weight is 493 g/mol. The van der Waals surface area contributed by atoms with Crippen LogP contribution in [-0.2, 0) is 20.9 Å². The van der Waals surface area contributed by atoms with Crippen molar-refractivity contribution >= 4 is 23.6 Å². The second kappa shape index (κ2) is 10.2. The number of nitriles is 1. The molecule has 10 heteroatoms. The van der Waals surface area contributed by atoms with Crippen molar-refractivity contribution in [3.05, 3.63) is 41.2 Å². The molecule has 0 saturated carbocycles. The number of amides is 3. The van der Waals surface area contributed by atoms with E-state index in [9.17, 15) is 19.6 Å². The van der Waals surface area contributed by atoms with Gasteiger partial charge in [0.15, 0.2) is 5.69 Å². The number of piperazine rings is 1. The maximum atomic E-state index is 13.4. The van der Waals surface area contributed by atoms with E-state index in [1.54, 1.807) is 32.9 Å². The molecule has 190 valence electrons. The van der Waals surface area contributed by atoms with Crippen molar-refractivity contribution in [2.75, 3.05) is 19.6 Å². The number of nitrogens with one attached hydrogen (secondary N) is 1. The van der Waals surface area contributed by atoms with E-state index < -0.39 is 23.8 Å². The summed E-state index contributed by atoms with van der Waals surface area (Å²) in [6.45, 7) is 14.1. The maximum Gasteiger partial charge on any atom is 0.408 e. The van der Waals surface area contributed by atoms with Crippen LogP contribution in [0.15, 0.2) is 24.3 Å². The highest BCUT2D eigenvalue weighted by molar-refractivity contribution is 5.88. The monoisotopic (exact) mass is 492 g/mol. The van der Waals surface area contributed by atoms with Crippen LogP contribution in [0.3, 0.4) is 0 Å². The number of benzene rings is 1. The van der Waals surface area contributed by atoms with Crippen molar-refractivity contribution in [2.45, 2.75) is 76.3 Å². The molecule has 0 aliphatic carbocycles. The standard InChI is InChI=1S/C26H32N6O4/c1-26(2,3)36-25(35)29-21(23(33)31-10-6-9-19(31)13-27)16-30-15-20-12-22(30)24(34)32(20)14-17-7-5-8-18(11-17)28-4/h5,7-8,11,19-22H,6,9-10,12,14-16H2,1-3H3,(H,29,35)/t19-,20+,21-,22+/m0/s1. The summed E-state index contributed by atoms with van der Waals surface area (Å²) >= 11 is 0. The Bertz CT molecular complexity index is 1120. The van der Waals surface area contributed by atoms with Crippen molar-refractivity contribution in [2.24, 2.45) is 0 Å². The number of carbonyl (C=O) groups is 3. The van der Waals surface area contributed by atoms with E-state index in [0.717, 1.165) is 12.0 Å². The molecule has 36 heavy (non-hydrogen) atoms. The summed E-state index contributed by atoms with van der Waals surface area (Å²) in [5, 5.41) is 12.2. The van der Waals surface area contributed by atoms with E-state index in [2.05, 4.69) is 16.2 Å². The molecule has 1 N–H and O–H groups in total. The Morgan fingerprint density at radius 1 is 1.36 bits per heavy atom. The van der Waals surface area contributed by atoms with Crippen LogP contribution in [0.5, 0.6) is 0 Å². The molecule has 4 atom stereocenters. The molecule has 3 saturated heterocycles. The highest BCUT2D eigenvalue weighted by atomic mass is 16.6. The maximum absolute atomic E-state index is 13.4. The summed E-state index contributed by atoms with van der Waals surface area (Å²) in [6, 6.07) is 7.62. The van der Waals surface area contributed by atoms with Gasteiger partial charge in [0.1, 0.15) is 17.7 Å². The first kappa shape index (κ1) is 25.5. The van der Waals surface area contributed by atoms with Crippen LogP contribution < -0.4 is 5.32 Å². The fourth-order valence-corrected chi connectivity index (χ4v) is 5.30. The zero-order chi connectivity index (χ0) is 26.0. The quantitative estimate of drug-likeness (QED) is 0.611. The molecule has 10 nitrogen and oxygen atoms in total. The van der Waals surface area contributed by atoms with Gasteiger partial charge in [-0.3, -0.25) is 14.5 Å². The highest BCUT2D eigenvalue weighted by Gasteiger charge is 2.50. The number of ether oxygens (including phenoxy) is 1. The molecule has 0 radical (unpaired) electrons. The molecular weight excluding hydrogens is 460 g/mol. The normalized spacial score (nSPS) is 24.4. The number of fused-ring (bicyclic) bond motifs is 2. The third-order valence-electron chi connectivity index (χ3n) is 6.87. The molecule has 3 aliphatic heterocycles. The van der Waals surface area contributed by atoms with Crippen molar-refractivity contribution in [1.29, 1.82) is 5.26 Å². The zero-order valence-electron chi connectivity index (χ0n) is 20.9. The van der Waals surface area contributed by atoms with Crippen molar-refractivity contribution in [3.8, 4) is 6.07 Å². The molecular formula is C26H32N6O4. The third-order valence-corrected chi connectivity index (χ3v) is 6.87. The molecule has 0 aromatic heterocycles. The molecule has 0 unspecified atom stereocenters. The molecule has 1 aromatic rings. The van der Waals surface area contributed by atoms with Crippen LogP contribution in [0.2, 0.25) is 0 Å². The van der Waals surface area contributed by atoms with E-state index in [4.69, 9.17) is 11.3 Å². The molecule has 3 aliphatic rings. The Morgan fingerprint density at radius 3 is 2.81 bits per heavy atom. The smallest absolute Gasteiger partial charge is 0.408 e. The van der Waals surface area contributed by atoms with Gasteiger partial charge in [0.2, 0.25) is 11.8 Å². The van der Waals surface area contributed by atoms with Crippen molar-refractivity contribution < 1.29 is 19.1 Å². The molecule has 2 bridgehead atoms. The van der Waals surface area contributed by atoms with Crippen molar-refractivity contribution in [1.82, 2.24) is 20.0 Å². The number of hydrogen-bond acceptors (Lipinski definition) is 6. The molecule has 3 heterocycles. The number of rotatable bonds is 6. The molecule has 1 aromatic carbocycles. The first-order chi connectivity index (χ1) is 17.1. The molecule has 3 amide bonds. The Kier molecular flexibility index (Phi) is 7.18. The first-order valence-corrected chi connectivity index (χ1v) is 12.3. The van der Waals surface area contributed by atoms with Gasteiger partial charge in [-0.25, -0.2) is 9.64 Å². The summed E-state index contributed by atoms with van der Waals surface area (Å²) in [7, 11) is 0. The third kappa shape index (κ3) is 5.44. The van der Waals surface area contributed by atoms with Crippen LogP contribution in [0.25, 0.3) is 4.85 Å². The van der Waals surface area contributed by atoms with Crippen molar-refractivity contribution in [3.63, 3.8) is 0 Å². The minimum Gasteiger partial charge on any atom is -0.444 e. The number of likely N-dealkylation sites (tertiary alicyclic amines) is 3. The summed E-state index contributed by atoms with van der Waals surface area (Å²) in [5.74, 6) is -0.341. The predicted octanol–water partition coefficient (Wildman–Crippen LogP) is 2.43. The van der Waals surface area contributed by atoms with Gasteiger partial charge >= 0.3 is 6.09 Å². The lowest BCUT2D eigenvalue weighted by molar-refractivity contribution is -0.140. The number of carbonyl (C=O) groups excluding carboxylic acids is 3. The number of alkyl carbamates (subject to hydrolysis) is 1. The lowest BCUT2D eigenvalue weighted by atomic mass is 10.1. The average Bonchev–Trinajstić information content (AvgIpc) is 3.53. The van der Waals surface area contributed by atoms with E-state index in [0.29, 0.717) is 38.2 Å². The second-order valence-corrected chi connectivity index (χ2v) is 10.6. The van der Waals surface area contributed by atoms with Crippen LogP contribution >= 0.6 is 0 Å². The highest BCUT2D eigenvalue weighted by Crippen LogP contribution is 2.34. The molecule has 4 rings (SSSR count). The van der Waals surface area contributed by atoms with Gasteiger partial charge in [-0.2, -0.15) is 5.26 Å². The number of nitrogens with zero attached hydrogens (tertiary/aromatic N) is 5. The zero-order valence-corrected chi connectivity index (χ0v) is 20.9. The summed E-state index contributed by atoms with van der Waals surface area (Å²) in [4.78, 5) is 48.0. The summed E-state index contributed by atoms with van der Waals surface area (Å²) < 4.78 is 5.38. The second-order valence-electron chi connectivity index (χ2n) is 10.6. The van der Waals surface area contributed by atoms with Gasteiger partial charge < -0.3 is 19.9 Å². The van der Waals surface area contributed by atoms with Gasteiger partial charge in [-0.15, -0.1) is 0 Å². The Labute approximate surface area is 211 Å². The topological polar surface area (TPSA) is 110 Å². The van der Waals surface area contributed by atoms with E-state index in [1.165, 1.54) is 4.90 Å². The summed E-state index contributed by atoms with van der Waals surface area (Å²) in [6.07, 6.45) is 1.29. The van der Waals surface area contributed by atoms with Gasteiger partial charge in [0.25, 0.3) is 0 Å². The van der Waals surface area contributed by atoms with Gasteiger partial charge in [0, 0.05) is 32.2 Å². The van der Waals surface area contributed by atoms with E-state index in [-0.39, 0.29) is 30.4 Å². The van der Waals surface area contributed by atoms with Crippen LogP contribution in [-0.4, -0.2) is 82.0 Å². The minimum absolute atomic E-state index is 0.00461.